The third kappa shape index (κ3) is 4.90. The zero-order valence-corrected chi connectivity index (χ0v) is 17.1. The van der Waals surface area contributed by atoms with Crippen molar-refractivity contribution in [2.24, 2.45) is 0 Å². The van der Waals surface area contributed by atoms with E-state index in [4.69, 9.17) is 4.98 Å². The molecule has 4 rings (SSSR count). The Morgan fingerprint density at radius 3 is 2.79 bits per heavy atom. The minimum atomic E-state index is 0.183. The van der Waals surface area contributed by atoms with Crippen molar-refractivity contribution < 1.29 is 4.79 Å². The Balaban J connectivity index is 1.41. The third-order valence-corrected chi connectivity index (χ3v) is 6.15. The first-order valence-electron chi connectivity index (χ1n) is 10.7. The Morgan fingerprint density at radius 2 is 2.00 bits per heavy atom. The molecule has 7 nitrogen and oxygen atoms in total. The fourth-order valence-electron chi connectivity index (χ4n) is 4.51. The van der Waals surface area contributed by atoms with Crippen LogP contribution >= 0.6 is 0 Å². The number of carbonyl (C=O) groups excluding carboxylic acids is 1. The lowest BCUT2D eigenvalue weighted by molar-refractivity contribution is -0.134. The number of aromatic nitrogens is 3. The second-order valence-electron chi connectivity index (χ2n) is 8.09. The predicted octanol–water partition coefficient (Wildman–Crippen LogP) is 3.54. The van der Waals surface area contributed by atoms with E-state index in [0.717, 1.165) is 43.7 Å². The van der Waals surface area contributed by atoms with Crippen molar-refractivity contribution >= 4 is 17.5 Å². The zero-order valence-electron chi connectivity index (χ0n) is 17.1. The molecule has 0 aromatic carbocycles. The summed E-state index contributed by atoms with van der Waals surface area (Å²) in [5.74, 6) is 1.66. The molecular formula is C22H30N6O. The van der Waals surface area contributed by atoms with E-state index < -0.39 is 0 Å². The third-order valence-electron chi connectivity index (χ3n) is 6.15. The molecule has 0 radical (unpaired) electrons. The average Bonchev–Trinajstić information content (AvgIpc) is 3.23. The van der Waals surface area contributed by atoms with Gasteiger partial charge in [0.25, 0.3) is 0 Å². The van der Waals surface area contributed by atoms with Gasteiger partial charge in [0.05, 0.1) is 24.5 Å². The number of amides is 1. The van der Waals surface area contributed by atoms with Crippen LogP contribution < -0.4 is 5.32 Å². The molecule has 1 N–H and O–H groups in total. The van der Waals surface area contributed by atoms with E-state index >= 15 is 0 Å². The summed E-state index contributed by atoms with van der Waals surface area (Å²) in [4.78, 5) is 30.3. The van der Waals surface area contributed by atoms with Gasteiger partial charge in [0.2, 0.25) is 5.91 Å². The van der Waals surface area contributed by atoms with Crippen LogP contribution in [0.2, 0.25) is 0 Å². The maximum absolute atomic E-state index is 12.9. The molecule has 1 unspecified atom stereocenters. The van der Waals surface area contributed by atoms with Gasteiger partial charge in [0.15, 0.2) is 0 Å². The number of pyridine rings is 1. The SMILES string of the molecule is CN(C(=O)CN1CCCC1c1cccc(Nc2cnccn2)n1)C1CCCCC1. The number of nitrogens with one attached hydrogen (secondary N) is 1. The Kier molecular flexibility index (Phi) is 6.34. The Labute approximate surface area is 172 Å². The van der Waals surface area contributed by atoms with Crippen molar-refractivity contribution in [1.29, 1.82) is 0 Å². The maximum atomic E-state index is 12.9. The molecule has 0 bridgehead atoms. The van der Waals surface area contributed by atoms with Crippen LogP contribution in [0.25, 0.3) is 0 Å². The molecule has 2 aliphatic rings. The molecule has 154 valence electrons. The van der Waals surface area contributed by atoms with Crippen LogP contribution in [0.5, 0.6) is 0 Å². The van der Waals surface area contributed by atoms with Crippen LogP contribution in [0, 0.1) is 0 Å². The summed E-state index contributed by atoms with van der Waals surface area (Å²) in [6.45, 7) is 1.42. The van der Waals surface area contributed by atoms with Crippen molar-refractivity contribution in [3.8, 4) is 0 Å². The molecule has 2 aromatic heterocycles. The fourth-order valence-corrected chi connectivity index (χ4v) is 4.51. The van der Waals surface area contributed by atoms with E-state index in [2.05, 4.69) is 26.3 Å². The summed E-state index contributed by atoms with van der Waals surface area (Å²) >= 11 is 0. The van der Waals surface area contributed by atoms with E-state index in [0.29, 0.717) is 18.4 Å². The predicted molar refractivity (Wildman–Crippen MR) is 113 cm³/mol. The normalized spacial score (nSPS) is 20.5. The van der Waals surface area contributed by atoms with Crippen LogP contribution in [0.15, 0.2) is 36.8 Å². The highest BCUT2D eigenvalue weighted by Gasteiger charge is 2.31. The lowest BCUT2D eigenvalue weighted by atomic mass is 9.94. The van der Waals surface area contributed by atoms with Crippen molar-refractivity contribution in [3.05, 3.63) is 42.5 Å². The molecule has 1 aliphatic carbocycles. The first-order chi connectivity index (χ1) is 14.2. The lowest BCUT2D eigenvalue weighted by Crippen LogP contribution is -2.44. The van der Waals surface area contributed by atoms with Gasteiger partial charge < -0.3 is 10.2 Å². The van der Waals surface area contributed by atoms with Gasteiger partial charge in [0.1, 0.15) is 11.6 Å². The molecule has 1 aliphatic heterocycles. The highest BCUT2D eigenvalue weighted by molar-refractivity contribution is 5.78. The topological polar surface area (TPSA) is 74.2 Å². The molecule has 2 fully saturated rings. The van der Waals surface area contributed by atoms with Crippen molar-refractivity contribution in [1.82, 2.24) is 24.8 Å². The summed E-state index contributed by atoms with van der Waals surface area (Å²) in [5, 5.41) is 3.21. The standard InChI is InChI=1S/C22H30N6O/c1-27(17-7-3-2-4-8-17)22(29)16-28-14-6-10-19(28)18-9-5-11-20(25-18)26-21-15-23-12-13-24-21/h5,9,11-13,15,17,19H,2-4,6-8,10,14,16H2,1H3,(H,24,25,26). The average molecular weight is 395 g/mol. The molecule has 1 atom stereocenters. The number of nitrogens with zero attached hydrogens (tertiary/aromatic N) is 5. The minimum Gasteiger partial charge on any atom is -0.342 e. The molecule has 3 heterocycles. The number of likely N-dealkylation sites (N-methyl/N-ethyl adjacent to an activating group) is 1. The van der Waals surface area contributed by atoms with Crippen molar-refractivity contribution in [2.45, 2.75) is 57.0 Å². The van der Waals surface area contributed by atoms with E-state index in [1.54, 1.807) is 18.6 Å². The summed E-state index contributed by atoms with van der Waals surface area (Å²) in [7, 11) is 1.98. The number of anilines is 2. The fraction of sp³-hybridized carbons (Fsp3) is 0.545. The van der Waals surface area contributed by atoms with Gasteiger partial charge in [-0.2, -0.15) is 0 Å². The molecule has 29 heavy (non-hydrogen) atoms. The van der Waals surface area contributed by atoms with Gasteiger partial charge >= 0.3 is 0 Å². The van der Waals surface area contributed by atoms with E-state index in [-0.39, 0.29) is 11.9 Å². The molecular weight excluding hydrogens is 364 g/mol. The zero-order chi connectivity index (χ0) is 20.1. The van der Waals surface area contributed by atoms with Gasteiger partial charge in [-0.05, 0) is 44.4 Å². The van der Waals surface area contributed by atoms with Gasteiger partial charge in [-0.15, -0.1) is 0 Å². The van der Waals surface area contributed by atoms with Crippen LogP contribution in [0.4, 0.5) is 11.6 Å². The molecule has 7 heteroatoms. The molecule has 1 saturated heterocycles. The first-order valence-corrected chi connectivity index (χ1v) is 10.7. The summed E-state index contributed by atoms with van der Waals surface area (Å²) in [6, 6.07) is 6.59. The van der Waals surface area contributed by atoms with Gasteiger partial charge in [0, 0.05) is 25.5 Å². The molecule has 1 saturated carbocycles. The number of likely N-dealkylation sites (tertiary alicyclic amines) is 1. The minimum absolute atomic E-state index is 0.183. The summed E-state index contributed by atoms with van der Waals surface area (Å²) < 4.78 is 0. The number of hydrogen-bond donors (Lipinski definition) is 1. The van der Waals surface area contributed by atoms with Crippen LogP contribution in [-0.2, 0) is 4.79 Å². The van der Waals surface area contributed by atoms with Crippen molar-refractivity contribution in [3.63, 3.8) is 0 Å². The molecule has 2 aromatic rings. The van der Waals surface area contributed by atoms with Gasteiger partial charge in [-0.3, -0.25) is 14.7 Å². The Bertz CT molecular complexity index is 808. The maximum Gasteiger partial charge on any atom is 0.236 e. The van der Waals surface area contributed by atoms with Crippen LogP contribution in [0.3, 0.4) is 0 Å². The van der Waals surface area contributed by atoms with E-state index in [9.17, 15) is 4.79 Å². The van der Waals surface area contributed by atoms with Gasteiger partial charge in [-0.25, -0.2) is 9.97 Å². The highest BCUT2D eigenvalue weighted by Crippen LogP contribution is 2.32. The Morgan fingerprint density at radius 1 is 1.14 bits per heavy atom. The summed E-state index contributed by atoms with van der Waals surface area (Å²) in [5.41, 5.74) is 1.00. The van der Waals surface area contributed by atoms with E-state index in [1.807, 2.05) is 24.1 Å². The van der Waals surface area contributed by atoms with Gasteiger partial charge in [-0.1, -0.05) is 25.3 Å². The first kappa shape index (κ1) is 19.8. The molecule has 1 amide bonds. The van der Waals surface area contributed by atoms with E-state index in [1.165, 1.54) is 19.3 Å². The largest absolute Gasteiger partial charge is 0.342 e. The molecule has 0 spiro atoms. The number of rotatable bonds is 6. The highest BCUT2D eigenvalue weighted by atomic mass is 16.2. The number of hydrogen-bond acceptors (Lipinski definition) is 6. The summed E-state index contributed by atoms with van der Waals surface area (Å²) in [6.07, 6.45) is 13.2. The quantitative estimate of drug-likeness (QED) is 0.808. The number of carbonyl (C=O) groups is 1. The Hall–Kier alpha value is -2.54. The lowest BCUT2D eigenvalue weighted by Gasteiger charge is -2.33. The second kappa shape index (κ2) is 9.31. The monoisotopic (exact) mass is 394 g/mol. The van der Waals surface area contributed by atoms with Crippen LogP contribution in [0.1, 0.15) is 56.7 Å². The van der Waals surface area contributed by atoms with Crippen molar-refractivity contribution in [2.75, 3.05) is 25.5 Å². The van der Waals surface area contributed by atoms with Crippen LogP contribution in [-0.4, -0.2) is 56.8 Å². The smallest absolute Gasteiger partial charge is 0.236 e. The second-order valence-corrected chi connectivity index (χ2v) is 8.09.